The number of thioether (sulfide) groups is 1. The van der Waals surface area contributed by atoms with Gasteiger partial charge >= 0.3 is 0 Å². The summed E-state index contributed by atoms with van der Waals surface area (Å²) in [6.07, 6.45) is 1.11. The van der Waals surface area contributed by atoms with Crippen molar-refractivity contribution >= 4 is 55.6 Å². The van der Waals surface area contributed by atoms with Crippen LogP contribution in [0.2, 0.25) is 5.02 Å². The summed E-state index contributed by atoms with van der Waals surface area (Å²) < 4.78 is 26.4. The normalized spacial score (nSPS) is 11.4. The van der Waals surface area contributed by atoms with Gasteiger partial charge in [0.15, 0.2) is 10.0 Å². The van der Waals surface area contributed by atoms with E-state index in [1.807, 2.05) is 38.1 Å². The fourth-order valence-electron chi connectivity index (χ4n) is 3.17. The Hall–Kier alpha value is -2.86. The Morgan fingerprint density at radius 3 is 2.46 bits per heavy atom. The number of halogens is 1. The highest BCUT2D eigenvalue weighted by Crippen LogP contribution is 2.29. The lowest BCUT2D eigenvalue weighted by molar-refractivity contribution is 0.102. The topological polar surface area (TPSA) is 115 Å². The zero-order valence-corrected chi connectivity index (χ0v) is 21.9. The summed E-state index contributed by atoms with van der Waals surface area (Å²) in [6.45, 7) is 3.90. The average Bonchev–Trinajstić information content (AvgIpc) is 3.25. The zero-order chi connectivity index (χ0) is 25.0. The van der Waals surface area contributed by atoms with Crippen LogP contribution in [0.25, 0.3) is 0 Å². The number of amides is 1. The minimum Gasteiger partial charge on any atom is -0.295 e. The molecule has 0 aliphatic heterocycles. The molecule has 2 aromatic heterocycles. The first-order chi connectivity index (χ1) is 16.7. The number of hydrogen-bond acceptors (Lipinski definition) is 9. The van der Waals surface area contributed by atoms with Crippen LogP contribution in [-0.4, -0.2) is 34.5 Å². The van der Waals surface area contributed by atoms with Crippen molar-refractivity contribution in [3.8, 4) is 0 Å². The number of hydrogen-bond donors (Lipinski definition) is 1. The molecule has 12 heteroatoms. The van der Waals surface area contributed by atoms with Gasteiger partial charge in [0.1, 0.15) is 0 Å². The summed E-state index contributed by atoms with van der Waals surface area (Å²) >= 11 is 8.81. The second-order valence-electron chi connectivity index (χ2n) is 7.70. The predicted octanol–water partition coefficient (Wildman–Crippen LogP) is 5.12. The summed E-state index contributed by atoms with van der Waals surface area (Å²) in [5.41, 5.74) is 3.61. The number of rotatable bonds is 8. The van der Waals surface area contributed by atoms with E-state index in [9.17, 15) is 13.2 Å². The van der Waals surface area contributed by atoms with Gasteiger partial charge in [-0.3, -0.25) is 10.1 Å². The molecule has 0 spiro atoms. The Morgan fingerprint density at radius 1 is 1.06 bits per heavy atom. The quantitative estimate of drug-likeness (QED) is 0.184. The molecule has 8 nitrogen and oxygen atoms in total. The van der Waals surface area contributed by atoms with E-state index < -0.39 is 20.9 Å². The van der Waals surface area contributed by atoms with Crippen LogP contribution in [0.3, 0.4) is 0 Å². The molecule has 0 saturated carbocycles. The lowest BCUT2D eigenvalue weighted by Crippen LogP contribution is -2.18. The van der Waals surface area contributed by atoms with Gasteiger partial charge in [-0.2, -0.15) is 0 Å². The average molecular weight is 546 g/mol. The summed E-state index contributed by atoms with van der Waals surface area (Å²) in [6, 6.07) is 15.3. The van der Waals surface area contributed by atoms with Crippen molar-refractivity contribution in [2.75, 3.05) is 5.32 Å². The molecule has 35 heavy (non-hydrogen) atoms. The van der Waals surface area contributed by atoms with E-state index in [1.54, 1.807) is 18.2 Å². The van der Waals surface area contributed by atoms with Gasteiger partial charge in [0.2, 0.25) is 20.1 Å². The molecule has 180 valence electrons. The molecular weight excluding hydrogens is 526 g/mol. The predicted molar refractivity (Wildman–Crippen MR) is 138 cm³/mol. The molecule has 0 fully saturated rings. The molecule has 4 aromatic rings. The van der Waals surface area contributed by atoms with E-state index in [4.69, 9.17) is 11.6 Å². The van der Waals surface area contributed by atoms with Crippen LogP contribution >= 0.6 is 34.7 Å². The standard InChI is InChI=1S/C23H20ClN5O3S3/c1-14-5-3-7-16(9-14)12-33-23-29-28-21(34-23)27-20(30)19-18(24)11-25-22(26-19)35(31,32)13-17-8-4-6-15(2)10-17/h3-11H,12-13H2,1-2H3,(H,27,28,30). The third-order valence-corrected chi connectivity index (χ3v) is 8.51. The first-order valence-electron chi connectivity index (χ1n) is 10.3. The first kappa shape index (κ1) is 25.2. The summed E-state index contributed by atoms with van der Waals surface area (Å²) in [5.74, 6) is -0.282. The number of benzene rings is 2. The number of aromatic nitrogens is 4. The Labute approximate surface area is 216 Å². The van der Waals surface area contributed by atoms with E-state index in [0.29, 0.717) is 15.7 Å². The Bertz CT molecular complexity index is 1490. The van der Waals surface area contributed by atoms with E-state index >= 15 is 0 Å². The lowest BCUT2D eigenvalue weighted by Gasteiger charge is -2.07. The number of anilines is 1. The maximum atomic E-state index is 12.8. The number of aryl methyl sites for hydroxylation is 2. The van der Waals surface area contributed by atoms with Gasteiger partial charge in [0, 0.05) is 5.75 Å². The van der Waals surface area contributed by atoms with Crippen LogP contribution in [-0.2, 0) is 21.3 Å². The number of nitrogens with one attached hydrogen (secondary N) is 1. The molecule has 1 N–H and O–H groups in total. The number of carbonyl (C=O) groups excluding carboxylic acids is 1. The highest BCUT2D eigenvalue weighted by atomic mass is 35.5. The second-order valence-corrected chi connectivity index (χ2v) is 12.2. The SMILES string of the molecule is Cc1cccc(CSc2nnc(NC(=O)c3nc(S(=O)(=O)Cc4cccc(C)c4)ncc3Cl)s2)c1. The molecule has 0 aliphatic carbocycles. The van der Waals surface area contributed by atoms with Gasteiger partial charge in [-0.15, -0.1) is 10.2 Å². The number of sulfone groups is 1. The Morgan fingerprint density at radius 2 is 1.74 bits per heavy atom. The Balaban J connectivity index is 1.46. The van der Waals surface area contributed by atoms with Crippen molar-refractivity contribution in [2.24, 2.45) is 0 Å². The summed E-state index contributed by atoms with van der Waals surface area (Å²) in [5, 5.41) is 10.4. The van der Waals surface area contributed by atoms with Crippen LogP contribution < -0.4 is 5.32 Å². The Kier molecular flexibility index (Phi) is 7.80. The van der Waals surface area contributed by atoms with Crippen molar-refractivity contribution in [1.82, 2.24) is 20.2 Å². The number of nitrogens with zero attached hydrogens (tertiary/aromatic N) is 4. The minimum atomic E-state index is -3.90. The van der Waals surface area contributed by atoms with Crippen molar-refractivity contribution in [2.45, 2.75) is 34.8 Å². The zero-order valence-electron chi connectivity index (χ0n) is 18.7. The first-order valence-corrected chi connectivity index (χ1v) is 14.2. The second kappa shape index (κ2) is 10.8. The molecule has 0 bridgehead atoms. The molecule has 0 atom stereocenters. The highest BCUT2D eigenvalue weighted by molar-refractivity contribution is 8.00. The molecule has 0 aliphatic rings. The van der Waals surface area contributed by atoms with Gasteiger partial charge in [-0.1, -0.05) is 94.4 Å². The maximum Gasteiger partial charge on any atom is 0.277 e. The molecule has 0 unspecified atom stereocenters. The lowest BCUT2D eigenvalue weighted by atomic mass is 10.2. The third kappa shape index (κ3) is 6.63. The molecule has 1 amide bonds. The van der Waals surface area contributed by atoms with Crippen molar-refractivity contribution in [3.63, 3.8) is 0 Å². The van der Waals surface area contributed by atoms with Crippen LogP contribution in [0.4, 0.5) is 5.13 Å². The third-order valence-electron chi connectivity index (χ3n) is 4.73. The largest absolute Gasteiger partial charge is 0.295 e. The van der Waals surface area contributed by atoms with E-state index in [0.717, 1.165) is 17.3 Å². The van der Waals surface area contributed by atoms with Gasteiger partial charge in [0.05, 0.1) is 17.0 Å². The van der Waals surface area contributed by atoms with Crippen LogP contribution in [0, 0.1) is 13.8 Å². The fraction of sp³-hybridized carbons (Fsp3) is 0.174. The molecule has 0 radical (unpaired) electrons. The van der Waals surface area contributed by atoms with Crippen LogP contribution in [0.15, 0.2) is 64.2 Å². The van der Waals surface area contributed by atoms with Crippen molar-refractivity contribution in [3.05, 3.63) is 87.7 Å². The van der Waals surface area contributed by atoms with Gasteiger partial charge < -0.3 is 0 Å². The summed E-state index contributed by atoms with van der Waals surface area (Å²) in [4.78, 5) is 20.6. The monoisotopic (exact) mass is 545 g/mol. The van der Waals surface area contributed by atoms with E-state index in [-0.39, 0.29) is 21.6 Å². The molecule has 2 heterocycles. The highest BCUT2D eigenvalue weighted by Gasteiger charge is 2.24. The van der Waals surface area contributed by atoms with E-state index in [2.05, 4.69) is 31.5 Å². The van der Waals surface area contributed by atoms with Crippen LogP contribution in [0.5, 0.6) is 0 Å². The smallest absolute Gasteiger partial charge is 0.277 e. The van der Waals surface area contributed by atoms with Gasteiger partial charge in [-0.25, -0.2) is 18.4 Å². The molecule has 4 rings (SSSR count). The maximum absolute atomic E-state index is 12.8. The van der Waals surface area contributed by atoms with Gasteiger partial charge in [-0.05, 0) is 25.0 Å². The van der Waals surface area contributed by atoms with Crippen molar-refractivity contribution in [1.29, 1.82) is 0 Å². The molecule has 2 aromatic carbocycles. The van der Waals surface area contributed by atoms with E-state index in [1.165, 1.54) is 28.7 Å². The van der Waals surface area contributed by atoms with Crippen LogP contribution in [0.1, 0.15) is 32.7 Å². The number of carbonyl (C=O) groups is 1. The van der Waals surface area contributed by atoms with Crippen molar-refractivity contribution < 1.29 is 13.2 Å². The minimum absolute atomic E-state index is 0.0735. The fourth-order valence-corrected chi connectivity index (χ4v) is 6.23. The molecular formula is C23H20ClN5O3S3. The summed E-state index contributed by atoms with van der Waals surface area (Å²) in [7, 11) is -3.90. The van der Waals surface area contributed by atoms with Gasteiger partial charge in [0.25, 0.3) is 5.91 Å². The molecule has 0 saturated heterocycles.